The lowest BCUT2D eigenvalue weighted by molar-refractivity contribution is 0.473. The Morgan fingerprint density at radius 1 is 1.00 bits per heavy atom. The Bertz CT molecular complexity index is 927. The van der Waals surface area contributed by atoms with Gasteiger partial charge in [-0.2, -0.15) is 0 Å². The van der Waals surface area contributed by atoms with E-state index in [0.717, 1.165) is 6.07 Å². The summed E-state index contributed by atoms with van der Waals surface area (Å²) in [6.07, 6.45) is 1.46. The Labute approximate surface area is 135 Å². The number of halogens is 4. The standard InChI is InChI=1S/C17H13F4N3/c1-8(13-10(18)5-6-11(19)15(13)21)24-17-14(20)9(2)23-12-4-3-7-22-16(12)17/h3-8H,1-2H3,(H,23,24)/t8-/m1/s1. The molecule has 0 saturated heterocycles. The fourth-order valence-electron chi connectivity index (χ4n) is 2.55. The largest absolute Gasteiger partial charge is 0.374 e. The smallest absolute Gasteiger partial charge is 0.169 e. The molecular weight excluding hydrogens is 322 g/mol. The van der Waals surface area contributed by atoms with Crippen LogP contribution in [0.25, 0.3) is 11.0 Å². The average molecular weight is 335 g/mol. The van der Waals surface area contributed by atoms with E-state index in [1.807, 2.05) is 0 Å². The molecule has 0 fully saturated rings. The summed E-state index contributed by atoms with van der Waals surface area (Å²) >= 11 is 0. The van der Waals surface area contributed by atoms with E-state index >= 15 is 0 Å². The molecule has 2 heterocycles. The van der Waals surface area contributed by atoms with Crippen LogP contribution < -0.4 is 5.32 Å². The van der Waals surface area contributed by atoms with Crippen LogP contribution in [-0.2, 0) is 0 Å². The first kappa shape index (κ1) is 16.2. The van der Waals surface area contributed by atoms with Crippen molar-refractivity contribution in [3.8, 4) is 0 Å². The maximum atomic E-state index is 14.5. The van der Waals surface area contributed by atoms with E-state index < -0.39 is 34.9 Å². The predicted molar refractivity (Wildman–Crippen MR) is 82.6 cm³/mol. The molecule has 3 rings (SSSR count). The van der Waals surface area contributed by atoms with Gasteiger partial charge in [-0.15, -0.1) is 0 Å². The molecule has 1 aromatic carbocycles. The zero-order valence-electron chi connectivity index (χ0n) is 12.9. The van der Waals surface area contributed by atoms with Crippen molar-refractivity contribution in [2.45, 2.75) is 19.9 Å². The number of nitrogens with one attached hydrogen (secondary N) is 1. The molecule has 124 valence electrons. The van der Waals surface area contributed by atoms with Crippen molar-refractivity contribution in [1.29, 1.82) is 0 Å². The Balaban J connectivity index is 2.11. The van der Waals surface area contributed by atoms with Crippen LogP contribution in [0.4, 0.5) is 23.2 Å². The number of aromatic nitrogens is 2. The van der Waals surface area contributed by atoms with Gasteiger partial charge in [-0.25, -0.2) is 22.5 Å². The van der Waals surface area contributed by atoms with Crippen LogP contribution in [0, 0.1) is 30.2 Å². The summed E-state index contributed by atoms with van der Waals surface area (Å²) in [6, 6.07) is 3.80. The molecule has 0 spiro atoms. The Hall–Kier alpha value is -2.70. The molecule has 1 atom stereocenters. The van der Waals surface area contributed by atoms with Crippen LogP contribution >= 0.6 is 0 Å². The molecule has 0 aliphatic carbocycles. The zero-order chi connectivity index (χ0) is 17.4. The molecule has 3 aromatic rings. The summed E-state index contributed by atoms with van der Waals surface area (Å²) in [5.74, 6) is -4.07. The molecule has 2 aromatic heterocycles. The molecule has 7 heteroatoms. The van der Waals surface area contributed by atoms with E-state index in [1.165, 1.54) is 20.0 Å². The minimum absolute atomic E-state index is 0.0336. The van der Waals surface area contributed by atoms with Crippen LogP contribution in [0.3, 0.4) is 0 Å². The van der Waals surface area contributed by atoms with Crippen molar-refractivity contribution in [3.05, 3.63) is 65.0 Å². The first-order valence-corrected chi connectivity index (χ1v) is 7.21. The number of hydrogen-bond acceptors (Lipinski definition) is 3. The van der Waals surface area contributed by atoms with Crippen molar-refractivity contribution < 1.29 is 17.6 Å². The number of rotatable bonds is 3. The van der Waals surface area contributed by atoms with Gasteiger partial charge < -0.3 is 5.32 Å². The molecule has 0 aliphatic heterocycles. The van der Waals surface area contributed by atoms with Crippen molar-refractivity contribution >= 4 is 16.7 Å². The quantitative estimate of drug-likeness (QED) is 0.558. The monoisotopic (exact) mass is 335 g/mol. The highest BCUT2D eigenvalue weighted by Crippen LogP contribution is 2.31. The summed E-state index contributed by atoms with van der Waals surface area (Å²) < 4.78 is 55.7. The van der Waals surface area contributed by atoms with Gasteiger partial charge in [0, 0.05) is 11.8 Å². The number of nitrogens with zero attached hydrogens (tertiary/aromatic N) is 2. The van der Waals surface area contributed by atoms with Gasteiger partial charge in [-0.3, -0.25) is 4.98 Å². The van der Waals surface area contributed by atoms with E-state index in [2.05, 4.69) is 15.3 Å². The summed E-state index contributed by atoms with van der Waals surface area (Å²) in [6.45, 7) is 2.88. The zero-order valence-corrected chi connectivity index (χ0v) is 12.9. The molecule has 24 heavy (non-hydrogen) atoms. The number of pyridine rings is 2. The second kappa shape index (κ2) is 6.07. The first-order chi connectivity index (χ1) is 11.4. The second-order valence-corrected chi connectivity index (χ2v) is 5.38. The Morgan fingerprint density at radius 3 is 2.46 bits per heavy atom. The number of aryl methyl sites for hydroxylation is 1. The summed E-state index contributed by atoms with van der Waals surface area (Å²) in [5.41, 5.74) is 0.239. The van der Waals surface area contributed by atoms with E-state index in [-0.39, 0.29) is 16.9 Å². The number of anilines is 1. The van der Waals surface area contributed by atoms with E-state index in [1.54, 1.807) is 12.1 Å². The molecule has 0 saturated carbocycles. The maximum Gasteiger partial charge on any atom is 0.169 e. The fraction of sp³-hybridized carbons (Fsp3) is 0.176. The van der Waals surface area contributed by atoms with E-state index in [9.17, 15) is 17.6 Å². The predicted octanol–water partition coefficient (Wildman–Crippen LogP) is 4.67. The highest BCUT2D eigenvalue weighted by atomic mass is 19.2. The van der Waals surface area contributed by atoms with Crippen LogP contribution in [0.1, 0.15) is 24.2 Å². The van der Waals surface area contributed by atoms with Crippen molar-refractivity contribution in [3.63, 3.8) is 0 Å². The summed E-state index contributed by atoms with van der Waals surface area (Å²) in [5, 5.41) is 2.70. The van der Waals surface area contributed by atoms with Crippen LogP contribution in [0.2, 0.25) is 0 Å². The normalized spacial score (nSPS) is 12.4. The Morgan fingerprint density at radius 2 is 1.71 bits per heavy atom. The summed E-state index contributed by atoms with van der Waals surface area (Å²) in [7, 11) is 0. The lowest BCUT2D eigenvalue weighted by atomic mass is 10.1. The van der Waals surface area contributed by atoms with Gasteiger partial charge in [0.1, 0.15) is 17.0 Å². The fourth-order valence-corrected chi connectivity index (χ4v) is 2.55. The van der Waals surface area contributed by atoms with Crippen molar-refractivity contribution in [2.24, 2.45) is 0 Å². The second-order valence-electron chi connectivity index (χ2n) is 5.38. The minimum atomic E-state index is -1.31. The highest BCUT2D eigenvalue weighted by molar-refractivity contribution is 5.88. The van der Waals surface area contributed by atoms with Crippen LogP contribution in [0.5, 0.6) is 0 Å². The van der Waals surface area contributed by atoms with Gasteiger partial charge >= 0.3 is 0 Å². The number of benzene rings is 1. The van der Waals surface area contributed by atoms with Gasteiger partial charge in [-0.05, 0) is 38.1 Å². The van der Waals surface area contributed by atoms with Gasteiger partial charge in [0.25, 0.3) is 0 Å². The van der Waals surface area contributed by atoms with Gasteiger partial charge in [0.2, 0.25) is 0 Å². The maximum absolute atomic E-state index is 14.5. The van der Waals surface area contributed by atoms with E-state index in [0.29, 0.717) is 11.6 Å². The van der Waals surface area contributed by atoms with Gasteiger partial charge in [0.05, 0.1) is 17.3 Å². The lowest BCUT2D eigenvalue weighted by Gasteiger charge is -2.19. The Kier molecular flexibility index (Phi) is 4.09. The topological polar surface area (TPSA) is 37.8 Å². The van der Waals surface area contributed by atoms with Crippen molar-refractivity contribution in [2.75, 3.05) is 5.32 Å². The molecule has 1 N–H and O–H groups in total. The van der Waals surface area contributed by atoms with Gasteiger partial charge in [0.15, 0.2) is 17.5 Å². The third-order valence-electron chi connectivity index (χ3n) is 3.72. The van der Waals surface area contributed by atoms with E-state index in [4.69, 9.17) is 0 Å². The molecule has 0 radical (unpaired) electrons. The average Bonchev–Trinajstić information content (AvgIpc) is 2.55. The number of hydrogen-bond donors (Lipinski definition) is 1. The third kappa shape index (κ3) is 2.66. The molecular formula is C17H13F4N3. The minimum Gasteiger partial charge on any atom is -0.374 e. The SMILES string of the molecule is Cc1nc2cccnc2c(N[C@H](C)c2c(F)ccc(F)c2F)c1F. The van der Waals surface area contributed by atoms with Crippen molar-refractivity contribution in [1.82, 2.24) is 9.97 Å². The lowest BCUT2D eigenvalue weighted by Crippen LogP contribution is -2.14. The first-order valence-electron chi connectivity index (χ1n) is 7.21. The molecule has 0 aliphatic rings. The summed E-state index contributed by atoms with van der Waals surface area (Å²) in [4.78, 5) is 8.15. The number of fused-ring (bicyclic) bond motifs is 1. The molecule has 0 amide bonds. The van der Waals surface area contributed by atoms with Crippen LogP contribution in [-0.4, -0.2) is 9.97 Å². The molecule has 0 bridgehead atoms. The highest BCUT2D eigenvalue weighted by Gasteiger charge is 2.22. The van der Waals surface area contributed by atoms with Gasteiger partial charge in [-0.1, -0.05) is 0 Å². The molecule has 0 unspecified atom stereocenters. The molecule has 3 nitrogen and oxygen atoms in total. The third-order valence-corrected chi connectivity index (χ3v) is 3.72. The van der Waals surface area contributed by atoms with Crippen LogP contribution in [0.15, 0.2) is 30.5 Å².